The number of hydrogen-bond donors (Lipinski definition) is 0. The van der Waals surface area contributed by atoms with Crippen molar-refractivity contribution in [2.75, 3.05) is 32.8 Å². The van der Waals surface area contributed by atoms with E-state index < -0.39 is 0 Å². The van der Waals surface area contributed by atoms with Gasteiger partial charge in [0.25, 0.3) is 0 Å². The van der Waals surface area contributed by atoms with Crippen LogP contribution in [0.3, 0.4) is 0 Å². The van der Waals surface area contributed by atoms with Crippen LogP contribution in [0.4, 0.5) is 0 Å². The van der Waals surface area contributed by atoms with E-state index in [0.717, 1.165) is 73.5 Å². The first-order chi connectivity index (χ1) is 15.0. The molecule has 0 atom stereocenters. The molecule has 5 heterocycles. The van der Waals surface area contributed by atoms with E-state index in [1.807, 2.05) is 25.4 Å². The number of pyridine rings is 2. The zero-order chi connectivity index (χ0) is 21.4. The Hall–Kier alpha value is -2.71. The Balaban J connectivity index is 1.23. The number of ether oxygens (including phenoxy) is 1. The summed E-state index contributed by atoms with van der Waals surface area (Å²) in [5.41, 5.74) is 3.59. The van der Waals surface area contributed by atoms with Crippen molar-refractivity contribution < 1.29 is 9.53 Å². The molecule has 2 fully saturated rings. The van der Waals surface area contributed by atoms with E-state index in [-0.39, 0.29) is 5.92 Å². The number of carbonyl (C=O) groups is 1. The Morgan fingerprint density at radius 3 is 2.68 bits per heavy atom. The number of fused-ring (bicyclic) bond motifs is 1. The highest BCUT2D eigenvalue weighted by molar-refractivity contribution is 5.86. The number of Topliss-reactive ketones (excluding diaryl/α,β-unsaturated/α-hetero) is 1. The van der Waals surface area contributed by atoms with Crippen LogP contribution in [0.25, 0.3) is 22.2 Å². The first kappa shape index (κ1) is 20.2. The van der Waals surface area contributed by atoms with Crippen molar-refractivity contribution in [2.24, 2.45) is 18.4 Å². The summed E-state index contributed by atoms with van der Waals surface area (Å²) < 4.78 is 7.04. The fraction of sp³-hybridized carbons (Fsp3) is 0.522. The van der Waals surface area contributed by atoms with Crippen LogP contribution >= 0.6 is 0 Å². The van der Waals surface area contributed by atoms with Gasteiger partial charge >= 0.3 is 0 Å². The fourth-order valence-electron chi connectivity index (χ4n) is 4.61. The highest BCUT2D eigenvalue weighted by Gasteiger charge is 2.36. The van der Waals surface area contributed by atoms with Gasteiger partial charge < -0.3 is 9.64 Å². The second kappa shape index (κ2) is 8.09. The van der Waals surface area contributed by atoms with Crippen molar-refractivity contribution in [2.45, 2.75) is 26.2 Å². The number of piperidine rings is 1. The summed E-state index contributed by atoms with van der Waals surface area (Å²) in [6.07, 6.45) is 7.63. The largest absolute Gasteiger partial charge is 0.380 e. The Bertz CT molecular complexity index is 1100. The summed E-state index contributed by atoms with van der Waals surface area (Å²) in [4.78, 5) is 24.4. The average Bonchev–Trinajstić information content (AvgIpc) is 3.19. The third-order valence-corrected chi connectivity index (χ3v) is 6.43. The molecule has 0 unspecified atom stereocenters. The third-order valence-electron chi connectivity index (χ3n) is 6.43. The van der Waals surface area contributed by atoms with Crippen molar-refractivity contribution >= 4 is 16.7 Å². The molecule has 0 aromatic carbocycles. The Kier molecular flexibility index (Phi) is 5.27. The minimum Gasteiger partial charge on any atom is -0.380 e. The molecule has 31 heavy (non-hydrogen) atoms. The fourth-order valence-corrected chi connectivity index (χ4v) is 4.61. The number of ketones is 1. The van der Waals surface area contributed by atoms with Crippen LogP contribution in [0, 0.1) is 11.3 Å². The van der Waals surface area contributed by atoms with Crippen molar-refractivity contribution in [1.82, 2.24) is 29.9 Å². The molecule has 8 heteroatoms. The van der Waals surface area contributed by atoms with Gasteiger partial charge in [0.1, 0.15) is 11.5 Å². The first-order valence-electron chi connectivity index (χ1n) is 10.9. The standard InChI is InChI=1S/C23H28N6O2/c1-23(14-31-15-23)13-29-5-3-16(4-6-29)22(30)9-19-8-17-7-18(10-25-20(17)11-24-19)21-12-28(2)27-26-21/h7-8,10-12,16H,3-6,9,13-15H2,1-2H3. The van der Waals surface area contributed by atoms with Crippen molar-refractivity contribution in [3.63, 3.8) is 0 Å². The zero-order valence-corrected chi connectivity index (χ0v) is 18.1. The monoisotopic (exact) mass is 420 g/mol. The van der Waals surface area contributed by atoms with E-state index in [1.54, 1.807) is 17.1 Å². The topological polar surface area (TPSA) is 86.0 Å². The lowest BCUT2D eigenvalue weighted by Crippen LogP contribution is -2.50. The molecule has 2 aliphatic rings. The average molecular weight is 421 g/mol. The van der Waals surface area contributed by atoms with Crippen molar-refractivity contribution in [3.8, 4) is 11.3 Å². The van der Waals surface area contributed by atoms with E-state index in [0.29, 0.717) is 17.6 Å². The SMILES string of the molecule is Cn1cc(-c2cnc3cnc(CC(=O)C4CCN(CC5(C)COC5)CC4)cc3c2)nn1. The van der Waals surface area contributed by atoms with E-state index in [2.05, 4.69) is 32.1 Å². The minimum atomic E-state index is 0.128. The lowest BCUT2D eigenvalue weighted by Gasteiger charge is -2.43. The van der Waals surface area contributed by atoms with Crippen molar-refractivity contribution in [3.05, 3.63) is 36.4 Å². The molecule has 5 rings (SSSR count). The number of likely N-dealkylation sites (tertiary alicyclic amines) is 1. The summed E-state index contributed by atoms with van der Waals surface area (Å²) in [6, 6.07) is 4.01. The van der Waals surface area contributed by atoms with Crippen LogP contribution in [-0.4, -0.2) is 68.5 Å². The van der Waals surface area contributed by atoms with E-state index in [1.165, 1.54) is 0 Å². The molecular weight excluding hydrogens is 392 g/mol. The van der Waals surface area contributed by atoms with Crippen LogP contribution in [0.15, 0.2) is 30.7 Å². The van der Waals surface area contributed by atoms with Gasteiger partial charge in [-0.3, -0.25) is 19.4 Å². The molecule has 8 nitrogen and oxygen atoms in total. The molecule has 0 saturated carbocycles. The molecule has 0 N–H and O–H groups in total. The van der Waals surface area contributed by atoms with Gasteiger partial charge in [-0.05, 0) is 38.1 Å². The third kappa shape index (κ3) is 4.36. The van der Waals surface area contributed by atoms with E-state index in [4.69, 9.17) is 4.74 Å². The van der Waals surface area contributed by atoms with E-state index >= 15 is 0 Å². The maximum atomic E-state index is 12.9. The number of carbonyl (C=O) groups excluding carboxylic acids is 1. The number of nitrogens with zero attached hydrogens (tertiary/aromatic N) is 6. The lowest BCUT2D eigenvalue weighted by molar-refractivity contribution is -0.127. The highest BCUT2D eigenvalue weighted by Crippen LogP contribution is 2.30. The van der Waals surface area contributed by atoms with Gasteiger partial charge in [-0.1, -0.05) is 12.1 Å². The number of aromatic nitrogens is 5. The van der Waals surface area contributed by atoms with Crippen LogP contribution in [0.2, 0.25) is 0 Å². The predicted molar refractivity (Wildman–Crippen MR) is 116 cm³/mol. The van der Waals surface area contributed by atoms with Crippen LogP contribution in [-0.2, 0) is 23.0 Å². The normalized spacial score (nSPS) is 19.4. The molecule has 162 valence electrons. The van der Waals surface area contributed by atoms with Crippen LogP contribution in [0.1, 0.15) is 25.5 Å². The molecule has 2 saturated heterocycles. The van der Waals surface area contributed by atoms with E-state index in [9.17, 15) is 4.79 Å². The summed E-state index contributed by atoms with van der Waals surface area (Å²) >= 11 is 0. The predicted octanol–water partition coefficient (Wildman–Crippen LogP) is 2.29. The van der Waals surface area contributed by atoms with Crippen molar-refractivity contribution in [1.29, 1.82) is 0 Å². The Morgan fingerprint density at radius 2 is 2.00 bits per heavy atom. The second-order valence-corrected chi connectivity index (χ2v) is 9.37. The van der Waals surface area contributed by atoms with Gasteiger partial charge in [0.2, 0.25) is 0 Å². The summed E-state index contributed by atoms with van der Waals surface area (Å²) in [5, 5.41) is 9.11. The summed E-state index contributed by atoms with van der Waals surface area (Å²) in [6.45, 7) is 7.04. The van der Waals surface area contributed by atoms with Gasteiger partial charge in [0.15, 0.2) is 0 Å². The molecule has 2 aliphatic heterocycles. The maximum Gasteiger partial charge on any atom is 0.142 e. The van der Waals surface area contributed by atoms with Gasteiger partial charge in [-0.2, -0.15) is 0 Å². The van der Waals surface area contributed by atoms with Gasteiger partial charge in [0, 0.05) is 54.2 Å². The molecule has 0 bridgehead atoms. The minimum absolute atomic E-state index is 0.128. The zero-order valence-electron chi connectivity index (χ0n) is 18.1. The lowest BCUT2D eigenvalue weighted by atomic mass is 9.85. The quantitative estimate of drug-likeness (QED) is 0.605. The number of rotatable bonds is 6. The van der Waals surface area contributed by atoms with Gasteiger partial charge in [-0.25, -0.2) is 0 Å². The first-order valence-corrected chi connectivity index (χ1v) is 10.9. The van der Waals surface area contributed by atoms with Gasteiger partial charge in [0.05, 0.1) is 31.1 Å². The van der Waals surface area contributed by atoms with Crippen LogP contribution in [0.5, 0.6) is 0 Å². The highest BCUT2D eigenvalue weighted by atomic mass is 16.5. The maximum absolute atomic E-state index is 12.9. The molecular formula is C23H28N6O2. The molecule has 0 aliphatic carbocycles. The van der Waals surface area contributed by atoms with Crippen LogP contribution < -0.4 is 0 Å². The Labute approximate surface area is 181 Å². The molecule has 0 spiro atoms. The molecule has 3 aromatic rings. The summed E-state index contributed by atoms with van der Waals surface area (Å²) in [7, 11) is 1.84. The molecule has 3 aromatic heterocycles. The second-order valence-electron chi connectivity index (χ2n) is 9.37. The Morgan fingerprint density at radius 1 is 1.19 bits per heavy atom. The summed E-state index contributed by atoms with van der Waals surface area (Å²) in [5.74, 6) is 0.422. The van der Waals surface area contributed by atoms with Gasteiger partial charge in [-0.15, -0.1) is 5.10 Å². The molecule has 0 amide bonds. The molecule has 0 radical (unpaired) electrons. The number of aryl methyl sites for hydroxylation is 1. The number of hydrogen-bond acceptors (Lipinski definition) is 7. The smallest absolute Gasteiger partial charge is 0.142 e.